The first-order valence-corrected chi connectivity index (χ1v) is 7.69. The van der Waals surface area contributed by atoms with E-state index in [1.54, 1.807) is 17.5 Å². The number of nitrogens with zero attached hydrogens (tertiary/aromatic N) is 4. The first-order valence-electron chi connectivity index (χ1n) is 6.81. The monoisotopic (exact) mass is 307 g/mol. The van der Waals surface area contributed by atoms with Crippen LogP contribution in [0.4, 0.5) is 5.82 Å². The van der Waals surface area contributed by atoms with Gasteiger partial charge in [0, 0.05) is 36.3 Å². The van der Waals surface area contributed by atoms with Gasteiger partial charge in [0.05, 0.1) is 5.69 Å². The molecule has 0 saturated carbocycles. The molecule has 22 heavy (non-hydrogen) atoms. The Hall–Kier alpha value is -2.78. The summed E-state index contributed by atoms with van der Waals surface area (Å²) >= 11 is 1.64. The number of hydrogen-bond acceptors (Lipinski definition) is 6. The van der Waals surface area contributed by atoms with Crippen molar-refractivity contribution in [3.8, 4) is 16.6 Å². The van der Waals surface area contributed by atoms with Gasteiger partial charge in [-0.2, -0.15) is 5.26 Å². The third kappa shape index (κ3) is 3.27. The molecule has 3 rings (SSSR count). The maximum atomic E-state index is 8.96. The van der Waals surface area contributed by atoms with Gasteiger partial charge in [-0.3, -0.25) is 0 Å². The average molecular weight is 307 g/mol. The minimum atomic E-state index is 0.311. The highest BCUT2D eigenvalue weighted by Crippen LogP contribution is 2.23. The van der Waals surface area contributed by atoms with Crippen LogP contribution in [0.1, 0.15) is 11.4 Å². The molecule has 6 heteroatoms. The molecule has 0 aliphatic heterocycles. The number of thiazole rings is 1. The minimum Gasteiger partial charge on any atom is -0.367 e. The Balaban J connectivity index is 1.61. The zero-order chi connectivity index (χ0) is 15.2. The molecule has 2 heterocycles. The van der Waals surface area contributed by atoms with E-state index in [0.29, 0.717) is 18.1 Å². The molecule has 108 valence electrons. The summed E-state index contributed by atoms with van der Waals surface area (Å²) in [6.07, 6.45) is 3.85. The van der Waals surface area contributed by atoms with Crippen molar-refractivity contribution in [3.05, 3.63) is 59.5 Å². The molecular formula is C16H13N5S. The summed E-state index contributed by atoms with van der Waals surface area (Å²) in [6.45, 7) is 0.658. The molecule has 0 radical (unpaired) electrons. The Kier molecular flexibility index (Phi) is 4.37. The first-order chi connectivity index (χ1) is 10.9. The summed E-state index contributed by atoms with van der Waals surface area (Å²) in [4.78, 5) is 12.7. The summed E-state index contributed by atoms with van der Waals surface area (Å²) in [7, 11) is 0. The van der Waals surface area contributed by atoms with Crippen molar-refractivity contribution in [2.45, 2.75) is 6.42 Å². The van der Waals surface area contributed by atoms with Crippen LogP contribution >= 0.6 is 11.3 Å². The second-order valence-corrected chi connectivity index (χ2v) is 5.41. The molecule has 0 amide bonds. The fourth-order valence-corrected chi connectivity index (χ4v) is 2.85. The summed E-state index contributed by atoms with van der Waals surface area (Å²) in [6, 6.07) is 12.1. The molecule has 0 unspecified atom stereocenters. The Morgan fingerprint density at radius 2 is 1.95 bits per heavy atom. The molecule has 1 N–H and O–H groups in total. The number of rotatable bonds is 5. The fraction of sp³-hybridized carbons (Fsp3) is 0.125. The van der Waals surface area contributed by atoms with E-state index in [0.717, 1.165) is 22.7 Å². The first kappa shape index (κ1) is 14.2. The molecule has 0 aliphatic carbocycles. The van der Waals surface area contributed by atoms with Crippen molar-refractivity contribution in [3.63, 3.8) is 0 Å². The van der Waals surface area contributed by atoms with Gasteiger partial charge < -0.3 is 5.32 Å². The molecular weight excluding hydrogens is 294 g/mol. The van der Waals surface area contributed by atoms with E-state index in [1.807, 2.05) is 24.3 Å². The molecule has 0 spiro atoms. The van der Waals surface area contributed by atoms with Crippen LogP contribution in [-0.2, 0) is 6.42 Å². The minimum absolute atomic E-state index is 0.311. The summed E-state index contributed by atoms with van der Waals surface area (Å²) in [5.74, 6) is 0.517. The van der Waals surface area contributed by atoms with Crippen molar-refractivity contribution in [1.29, 1.82) is 5.26 Å². The number of aromatic nitrogens is 3. The van der Waals surface area contributed by atoms with Gasteiger partial charge in [-0.1, -0.05) is 30.3 Å². The number of nitrogens with one attached hydrogen (secondary N) is 1. The third-order valence-corrected chi connectivity index (χ3v) is 3.99. The largest absolute Gasteiger partial charge is 0.367 e. The average Bonchev–Trinajstić information content (AvgIpc) is 3.05. The zero-order valence-corrected chi connectivity index (χ0v) is 12.5. The van der Waals surface area contributed by atoms with Gasteiger partial charge in [0.1, 0.15) is 11.1 Å². The summed E-state index contributed by atoms with van der Waals surface area (Å²) in [5.41, 5.74) is 2.47. The van der Waals surface area contributed by atoms with Gasteiger partial charge in [0.2, 0.25) is 0 Å². The van der Waals surface area contributed by atoms with Crippen LogP contribution in [0.5, 0.6) is 0 Å². The van der Waals surface area contributed by atoms with Gasteiger partial charge in [0.25, 0.3) is 0 Å². The quantitative estimate of drug-likeness (QED) is 0.784. The number of hydrogen-bond donors (Lipinski definition) is 1. The topological polar surface area (TPSA) is 74.5 Å². The van der Waals surface area contributed by atoms with E-state index >= 15 is 0 Å². The van der Waals surface area contributed by atoms with Crippen LogP contribution in [0.25, 0.3) is 10.6 Å². The van der Waals surface area contributed by atoms with Gasteiger partial charge in [-0.25, -0.2) is 15.0 Å². The summed E-state index contributed by atoms with van der Waals surface area (Å²) in [5, 5.41) is 15.2. The molecule has 0 aliphatic rings. The maximum absolute atomic E-state index is 8.96. The predicted octanol–water partition coefficient (Wildman–Crippen LogP) is 3.13. The van der Waals surface area contributed by atoms with Crippen LogP contribution < -0.4 is 5.32 Å². The highest BCUT2D eigenvalue weighted by Gasteiger charge is 2.06. The molecule has 5 nitrogen and oxygen atoms in total. The van der Waals surface area contributed by atoms with Gasteiger partial charge in [0.15, 0.2) is 11.5 Å². The van der Waals surface area contributed by atoms with Gasteiger partial charge in [-0.05, 0) is 0 Å². The van der Waals surface area contributed by atoms with E-state index in [1.165, 1.54) is 6.20 Å². The maximum Gasteiger partial charge on any atom is 0.182 e. The number of anilines is 1. The second-order valence-electron chi connectivity index (χ2n) is 4.55. The van der Waals surface area contributed by atoms with E-state index in [2.05, 4.69) is 37.8 Å². The van der Waals surface area contributed by atoms with E-state index < -0.39 is 0 Å². The number of benzene rings is 1. The summed E-state index contributed by atoms with van der Waals surface area (Å²) < 4.78 is 0. The SMILES string of the molecule is N#Cc1nccnc1NCCc1csc(-c2ccccc2)n1. The van der Waals surface area contributed by atoms with Crippen LogP contribution in [0.2, 0.25) is 0 Å². The van der Waals surface area contributed by atoms with Crippen molar-refractivity contribution in [2.75, 3.05) is 11.9 Å². The second kappa shape index (κ2) is 6.78. The van der Waals surface area contributed by atoms with Crippen molar-refractivity contribution in [2.24, 2.45) is 0 Å². The van der Waals surface area contributed by atoms with Crippen molar-refractivity contribution >= 4 is 17.2 Å². The smallest absolute Gasteiger partial charge is 0.182 e. The highest BCUT2D eigenvalue weighted by atomic mass is 32.1. The Labute approximate surface area is 132 Å². The standard InChI is InChI=1S/C16H13N5S/c17-10-14-15(20-9-8-18-14)19-7-6-13-11-22-16(21-13)12-4-2-1-3-5-12/h1-5,8-9,11H,6-7H2,(H,19,20). The zero-order valence-electron chi connectivity index (χ0n) is 11.7. The Morgan fingerprint density at radius 1 is 1.14 bits per heavy atom. The van der Waals surface area contributed by atoms with Crippen molar-refractivity contribution < 1.29 is 0 Å². The van der Waals surface area contributed by atoms with E-state index in [4.69, 9.17) is 5.26 Å². The lowest BCUT2D eigenvalue weighted by Gasteiger charge is -2.04. The predicted molar refractivity (Wildman–Crippen MR) is 86.5 cm³/mol. The van der Waals surface area contributed by atoms with Crippen LogP contribution in [0.3, 0.4) is 0 Å². The molecule has 0 atom stereocenters. The third-order valence-electron chi connectivity index (χ3n) is 3.05. The fourth-order valence-electron chi connectivity index (χ4n) is 1.99. The molecule has 1 aromatic carbocycles. The molecule has 0 saturated heterocycles. The van der Waals surface area contributed by atoms with Crippen LogP contribution in [0, 0.1) is 11.3 Å². The normalized spacial score (nSPS) is 10.1. The number of nitriles is 1. The van der Waals surface area contributed by atoms with E-state index in [-0.39, 0.29) is 0 Å². The molecule has 0 bridgehead atoms. The van der Waals surface area contributed by atoms with Crippen LogP contribution in [0.15, 0.2) is 48.1 Å². The highest BCUT2D eigenvalue weighted by molar-refractivity contribution is 7.13. The van der Waals surface area contributed by atoms with Crippen LogP contribution in [-0.4, -0.2) is 21.5 Å². The van der Waals surface area contributed by atoms with E-state index in [9.17, 15) is 0 Å². The molecule has 0 fully saturated rings. The molecule has 3 aromatic rings. The van der Waals surface area contributed by atoms with Crippen molar-refractivity contribution in [1.82, 2.24) is 15.0 Å². The van der Waals surface area contributed by atoms with Gasteiger partial charge >= 0.3 is 0 Å². The lowest BCUT2D eigenvalue weighted by Crippen LogP contribution is -2.08. The lowest BCUT2D eigenvalue weighted by molar-refractivity contribution is 0.962. The Morgan fingerprint density at radius 3 is 2.77 bits per heavy atom. The Bertz CT molecular complexity index is 792. The van der Waals surface area contributed by atoms with Gasteiger partial charge in [-0.15, -0.1) is 11.3 Å². The molecule has 2 aromatic heterocycles. The lowest BCUT2D eigenvalue weighted by atomic mass is 10.2.